The number of benzene rings is 1. The molecule has 2 aliphatic rings. The highest BCUT2D eigenvalue weighted by molar-refractivity contribution is 7.13. The first-order valence-electron chi connectivity index (χ1n) is 8.51. The Balaban J connectivity index is 1.70. The number of nitrogens with zero attached hydrogens (tertiary/aromatic N) is 3. The molecule has 2 fully saturated rings. The topological polar surface area (TPSA) is 54.2 Å². The lowest BCUT2D eigenvalue weighted by Gasteiger charge is -2.31. The number of aromatic nitrogens is 2. The third-order valence-corrected chi connectivity index (χ3v) is 6.14. The van der Waals surface area contributed by atoms with Gasteiger partial charge in [0.1, 0.15) is 16.1 Å². The second-order valence-electron chi connectivity index (χ2n) is 6.83. The molecule has 27 heavy (non-hydrogen) atoms. The zero-order valence-corrected chi connectivity index (χ0v) is 15.5. The first kappa shape index (κ1) is 17.3. The predicted molar refractivity (Wildman–Crippen MR) is 97.3 cm³/mol. The lowest BCUT2D eigenvalue weighted by Crippen LogP contribution is -2.51. The molecule has 0 aliphatic carbocycles. The predicted octanol–water partition coefficient (Wildman–Crippen LogP) is 4.56. The van der Waals surface area contributed by atoms with Crippen molar-refractivity contribution in [1.82, 2.24) is 15.3 Å². The Morgan fingerprint density at radius 2 is 2.00 bits per heavy atom. The highest BCUT2D eigenvalue weighted by Crippen LogP contribution is 2.45. The number of anilines is 1. The Kier molecular flexibility index (Phi) is 3.89. The third kappa shape index (κ3) is 2.88. The van der Waals surface area contributed by atoms with Crippen LogP contribution in [-0.2, 0) is 6.18 Å². The average molecular weight is 415 g/mol. The van der Waals surface area contributed by atoms with Crippen LogP contribution in [0.1, 0.15) is 18.4 Å². The summed E-state index contributed by atoms with van der Waals surface area (Å²) in [7, 11) is 0. The molecule has 5 nitrogen and oxygen atoms in total. The Hall–Kier alpha value is -1.84. The minimum atomic E-state index is -4.63. The van der Waals surface area contributed by atoms with Crippen molar-refractivity contribution in [3.63, 3.8) is 0 Å². The third-order valence-electron chi connectivity index (χ3n) is 5.04. The quantitative estimate of drug-likeness (QED) is 0.666. The molecule has 2 aromatic heterocycles. The maximum atomic E-state index is 13.6. The molecule has 0 radical (unpaired) electrons. The van der Waals surface area contributed by atoms with Gasteiger partial charge in [-0.2, -0.15) is 18.2 Å². The van der Waals surface area contributed by atoms with Gasteiger partial charge >= 0.3 is 6.18 Å². The Morgan fingerprint density at radius 3 is 2.63 bits per heavy atom. The van der Waals surface area contributed by atoms with Crippen molar-refractivity contribution >= 4 is 40.1 Å². The molecular weight excluding hydrogens is 401 g/mol. The molecule has 10 heteroatoms. The van der Waals surface area contributed by atoms with Gasteiger partial charge in [-0.1, -0.05) is 11.6 Å². The van der Waals surface area contributed by atoms with Crippen molar-refractivity contribution in [2.45, 2.75) is 31.1 Å². The standard InChI is InChI=1S/C17H14ClF3N4OS/c18-11-5-10(15-22-3-4-27-15)14-13(12(11)17(19,20)21)24-16(26-14)25-6-8-1-2-9(7-25)23-8/h3-5,8-9,23H,1-2,6-7H2. The molecule has 2 atom stereocenters. The normalized spacial score (nSPS) is 22.7. The van der Waals surface area contributed by atoms with E-state index >= 15 is 0 Å². The Labute approximate surface area is 161 Å². The maximum absolute atomic E-state index is 13.6. The van der Waals surface area contributed by atoms with E-state index in [4.69, 9.17) is 16.0 Å². The van der Waals surface area contributed by atoms with E-state index in [0.717, 1.165) is 12.8 Å². The summed E-state index contributed by atoms with van der Waals surface area (Å²) < 4.78 is 46.8. The second kappa shape index (κ2) is 6.08. The number of fused-ring (bicyclic) bond motifs is 3. The molecule has 2 bridgehead atoms. The van der Waals surface area contributed by atoms with Crippen molar-refractivity contribution in [2.24, 2.45) is 0 Å². The van der Waals surface area contributed by atoms with Crippen LogP contribution in [0.3, 0.4) is 0 Å². The molecule has 5 rings (SSSR count). The number of hydrogen-bond acceptors (Lipinski definition) is 6. The number of oxazole rings is 1. The van der Waals surface area contributed by atoms with Crippen LogP contribution in [0.25, 0.3) is 21.7 Å². The number of nitrogens with one attached hydrogen (secondary N) is 1. The summed E-state index contributed by atoms with van der Waals surface area (Å²) in [5.41, 5.74) is -0.730. The number of rotatable bonds is 2. The maximum Gasteiger partial charge on any atom is 0.420 e. The molecule has 4 heterocycles. The summed E-state index contributed by atoms with van der Waals surface area (Å²) in [4.78, 5) is 10.3. The monoisotopic (exact) mass is 414 g/mol. The highest BCUT2D eigenvalue weighted by Gasteiger charge is 2.40. The van der Waals surface area contributed by atoms with Gasteiger partial charge < -0.3 is 14.6 Å². The van der Waals surface area contributed by atoms with Crippen LogP contribution >= 0.6 is 22.9 Å². The second-order valence-corrected chi connectivity index (χ2v) is 8.13. The fourth-order valence-corrected chi connectivity index (χ4v) is 4.87. The van der Waals surface area contributed by atoms with E-state index in [-0.39, 0.29) is 17.1 Å². The molecular formula is C17H14ClF3N4OS. The van der Waals surface area contributed by atoms with Gasteiger partial charge in [0.2, 0.25) is 0 Å². The van der Waals surface area contributed by atoms with Crippen molar-refractivity contribution < 1.29 is 17.6 Å². The molecule has 1 aromatic carbocycles. The first-order chi connectivity index (χ1) is 12.9. The van der Waals surface area contributed by atoms with Crippen LogP contribution in [-0.4, -0.2) is 35.1 Å². The Bertz CT molecular complexity index is 992. The van der Waals surface area contributed by atoms with Crippen LogP contribution in [0.2, 0.25) is 5.02 Å². The summed E-state index contributed by atoms with van der Waals surface area (Å²) in [6.45, 7) is 1.32. The van der Waals surface area contributed by atoms with Crippen molar-refractivity contribution in [2.75, 3.05) is 18.0 Å². The number of piperazine rings is 1. The Morgan fingerprint density at radius 1 is 1.26 bits per heavy atom. The molecule has 2 aliphatic heterocycles. The van der Waals surface area contributed by atoms with Gasteiger partial charge in [0.25, 0.3) is 6.01 Å². The van der Waals surface area contributed by atoms with Gasteiger partial charge in [0, 0.05) is 36.8 Å². The molecule has 142 valence electrons. The molecule has 3 aromatic rings. The SMILES string of the molecule is FC(F)(F)c1c(Cl)cc(-c2nccs2)c2oc(N3CC4CCC(C3)N4)nc12. The van der Waals surface area contributed by atoms with Crippen LogP contribution in [0.4, 0.5) is 19.2 Å². The van der Waals surface area contributed by atoms with Crippen LogP contribution in [0.15, 0.2) is 22.1 Å². The zero-order chi connectivity index (χ0) is 18.8. The fourth-order valence-electron chi connectivity index (χ4n) is 3.91. The lowest BCUT2D eigenvalue weighted by molar-refractivity contribution is -0.136. The van der Waals surface area contributed by atoms with Gasteiger partial charge in [-0.15, -0.1) is 11.3 Å². The largest absolute Gasteiger partial charge is 0.423 e. The summed E-state index contributed by atoms with van der Waals surface area (Å²) >= 11 is 7.32. The zero-order valence-electron chi connectivity index (χ0n) is 13.9. The molecule has 2 saturated heterocycles. The molecule has 0 spiro atoms. The number of halogens is 4. The van der Waals surface area contributed by atoms with E-state index in [9.17, 15) is 13.2 Å². The average Bonchev–Trinajstić information content (AvgIpc) is 3.32. The van der Waals surface area contributed by atoms with E-state index in [0.29, 0.717) is 35.7 Å². The number of thiazole rings is 1. The minimum Gasteiger partial charge on any atom is -0.423 e. The highest BCUT2D eigenvalue weighted by atomic mass is 35.5. The van der Waals surface area contributed by atoms with E-state index < -0.39 is 16.8 Å². The summed E-state index contributed by atoms with van der Waals surface area (Å²) in [6, 6.07) is 2.09. The van der Waals surface area contributed by atoms with Crippen molar-refractivity contribution in [3.8, 4) is 10.6 Å². The van der Waals surface area contributed by atoms with E-state index in [1.807, 2.05) is 4.90 Å². The number of alkyl halides is 3. The van der Waals surface area contributed by atoms with Crippen molar-refractivity contribution in [1.29, 1.82) is 0 Å². The van der Waals surface area contributed by atoms with Gasteiger partial charge in [-0.25, -0.2) is 4.98 Å². The smallest absolute Gasteiger partial charge is 0.420 e. The minimum absolute atomic E-state index is 0.0718. The van der Waals surface area contributed by atoms with E-state index in [2.05, 4.69) is 15.3 Å². The van der Waals surface area contributed by atoms with E-state index in [1.54, 1.807) is 11.6 Å². The van der Waals surface area contributed by atoms with Gasteiger partial charge in [0.05, 0.1) is 10.6 Å². The number of hydrogen-bond donors (Lipinski definition) is 1. The lowest BCUT2D eigenvalue weighted by atomic mass is 10.1. The van der Waals surface area contributed by atoms with E-state index in [1.165, 1.54) is 17.4 Å². The van der Waals surface area contributed by atoms with Crippen LogP contribution in [0, 0.1) is 0 Å². The van der Waals surface area contributed by atoms with Gasteiger partial charge in [0.15, 0.2) is 5.58 Å². The van der Waals surface area contributed by atoms with Crippen molar-refractivity contribution in [3.05, 3.63) is 28.2 Å². The summed E-state index contributed by atoms with van der Waals surface area (Å²) in [5.74, 6) is 0. The summed E-state index contributed by atoms with van der Waals surface area (Å²) in [5, 5.41) is 5.37. The first-order valence-corrected chi connectivity index (χ1v) is 9.77. The van der Waals surface area contributed by atoms with Gasteiger partial charge in [-0.05, 0) is 18.9 Å². The van der Waals surface area contributed by atoms with Crippen LogP contribution < -0.4 is 10.2 Å². The van der Waals surface area contributed by atoms with Gasteiger partial charge in [-0.3, -0.25) is 0 Å². The molecule has 0 saturated carbocycles. The molecule has 1 N–H and O–H groups in total. The molecule has 0 amide bonds. The summed E-state index contributed by atoms with van der Waals surface area (Å²) in [6.07, 6.45) is -0.952. The fraction of sp³-hybridized carbons (Fsp3) is 0.412. The molecule has 2 unspecified atom stereocenters. The van der Waals surface area contributed by atoms with Crippen LogP contribution in [0.5, 0.6) is 0 Å².